The maximum Gasteiger partial charge on any atom is 0.237 e. The third-order valence-electron chi connectivity index (χ3n) is 1.87. The molecule has 0 saturated carbocycles. The van der Waals surface area contributed by atoms with Gasteiger partial charge >= 0.3 is 0 Å². The lowest BCUT2D eigenvalue weighted by Gasteiger charge is -2.02. The first kappa shape index (κ1) is 13.0. The first-order chi connectivity index (χ1) is 8.65. The van der Waals surface area contributed by atoms with Crippen LogP contribution in [0.2, 0.25) is 0 Å². The number of aromatic nitrogens is 5. The van der Waals surface area contributed by atoms with Crippen molar-refractivity contribution in [2.75, 3.05) is 11.1 Å². The van der Waals surface area contributed by atoms with Crippen LogP contribution in [0.25, 0.3) is 0 Å². The van der Waals surface area contributed by atoms with Gasteiger partial charge in [0.15, 0.2) is 5.16 Å². The smallest absolute Gasteiger partial charge is 0.237 e. The normalized spacial score (nSPS) is 10.3. The molecule has 94 valence electrons. The van der Waals surface area contributed by atoms with E-state index in [4.69, 9.17) is 0 Å². The first-order valence-corrected chi connectivity index (χ1v) is 6.67. The second-order valence-corrected chi connectivity index (χ2v) is 5.14. The minimum absolute atomic E-state index is 0.190. The van der Waals surface area contributed by atoms with Crippen LogP contribution in [-0.4, -0.2) is 36.4 Å². The average Bonchev–Trinajstić information content (AvgIpc) is 2.75. The predicted molar refractivity (Wildman–Crippen MR) is 70.1 cm³/mol. The second kappa shape index (κ2) is 5.91. The van der Waals surface area contributed by atoms with E-state index in [1.807, 2.05) is 7.05 Å². The van der Waals surface area contributed by atoms with Crippen LogP contribution < -0.4 is 5.32 Å². The maximum absolute atomic E-state index is 11.6. The highest BCUT2D eigenvalue weighted by Gasteiger charge is 2.08. The van der Waals surface area contributed by atoms with Crippen LogP contribution in [-0.2, 0) is 11.8 Å². The fourth-order valence-corrected chi connectivity index (χ4v) is 1.96. The zero-order valence-corrected chi connectivity index (χ0v) is 11.8. The summed E-state index contributed by atoms with van der Waals surface area (Å²) in [6.45, 7) is 0. The van der Waals surface area contributed by atoms with Crippen molar-refractivity contribution in [2.45, 2.75) is 5.16 Å². The zero-order chi connectivity index (χ0) is 13.0. The lowest BCUT2D eigenvalue weighted by molar-refractivity contribution is -0.113. The van der Waals surface area contributed by atoms with Gasteiger partial charge in [0.05, 0.1) is 10.2 Å². The van der Waals surface area contributed by atoms with E-state index in [9.17, 15) is 4.79 Å². The molecule has 2 aromatic heterocycles. The lowest BCUT2D eigenvalue weighted by atomic mass is 10.6. The SMILES string of the molecule is Cn1cnnc1SCC(=O)Nc1ncc(Br)cn1. The lowest BCUT2D eigenvalue weighted by Crippen LogP contribution is -2.16. The molecule has 7 nitrogen and oxygen atoms in total. The Balaban J connectivity index is 1.86. The number of aryl methyl sites for hydroxylation is 1. The average molecular weight is 329 g/mol. The van der Waals surface area contributed by atoms with Gasteiger partial charge in [-0.2, -0.15) is 0 Å². The van der Waals surface area contributed by atoms with Gasteiger partial charge < -0.3 is 4.57 Å². The third-order valence-corrected chi connectivity index (χ3v) is 3.32. The van der Waals surface area contributed by atoms with Gasteiger partial charge in [-0.1, -0.05) is 11.8 Å². The van der Waals surface area contributed by atoms with Crippen molar-refractivity contribution in [1.29, 1.82) is 0 Å². The molecule has 0 bridgehead atoms. The molecule has 0 spiro atoms. The molecule has 1 N–H and O–H groups in total. The number of carbonyl (C=O) groups excluding carboxylic acids is 1. The van der Waals surface area contributed by atoms with E-state index in [0.29, 0.717) is 5.16 Å². The van der Waals surface area contributed by atoms with Crippen LogP contribution in [0.3, 0.4) is 0 Å². The molecule has 0 unspecified atom stereocenters. The number of halogens is 1. The topological polar surface area (TPSA) is 85.6 Å². The van der Waals surface area contributed by atoms with E-state index >= 15 is 0 Å². The number of amides is 1. The molecule has 0 fully saturated rings. The minimum atomic E-state index is -0.190. The van der Waals surface area contributed by atoms with E-state index < -0.39 is 0 Å². The molecule has 2 rings (SSSR count). The highest BCUT2D eigenvalue weighted by Crippen LogP contribution is 2.13. The van der Waals surface area contributed by atoms with E-state index in [1.165, 1.54) is 11.8 Å². The summed E-state index contributed by atoms with van der Waals surface area (Å²) < 4.78 is 2.50. The fraction of sp³-hybridized carbons (Fsp3) is 0.222. The monoisotopic (exact) mass is 328 g/mol. The number of carbonyl (C=O) groups is 1. The number of rotatable bonds is 4. The van der Waals surface area contributed by atoms with E-state index in [2.05, 4.69) is 41.4 Å². The zero-order valence-electron chi connectivity index (χ0n) is 9.37. The molecule has 0 aliphatic rings. The van der Waals surface area contributed by atoms with Crippen molar-refractivity contribution >= 4 is 39.5 Å². The number of nitrogens with one attached hydrogen (secondary N) is 1. The van der Waals surface area contributed by atoms with E-state index in [0.717, 1.165) is 4.47 Å². The molecular formula is C9H9BrN6OS. The third kappa shape index (κ3) is 3.50. The van der Waals surface area contributed by atoms with Crippen molar-refractivity contribution in [3.8, 4) is 0 Å². The van der Waals surface area contributed by atoms with Crippen LogP contribution in [0, 0.1) is 0 Å². The molecular weight excluding hydrogens is 320 g/mol. The van der Waals surface area contributed by atoms with Gasteiger partial charge in [-0.25, -0.2) is 9.97 Å². The molecule has 2 heterocycles. The number of anilines is 1. The number of hydrogen-bond acceptors (Lipinski definition) is 6. The number of hydrogen-bond donors (Lipinski definition) is 1. The molecule has 0 saturated heterocycles. The van der Waals surface area contributed by atoms with Gasteiger partial charge in [0.25, 0.3) is 0 Å². The Bertz CT molecular complexity index is 542. The Kier molecular flexibility index (Phi) is 4.26. The Morgan fingerprint density at radius 2 is 2.22 bits per heavy atom. The molecule has 0 aliphatic heterocycles. The minimum Gasteiger partial charge on any atom is -0.312 e. The van der Waals surface area contributed by atoms with Gasteiger partial charge in [0.1, 0.15) is 6.33 Å². The Morgan fingerprint density at radius 1 is 1.50 bits per heavy atom. The summed E-state index contributed by atoms with van der Waals surface area (Å²) >= 11 is 4.51. The van der Waals surface area contributed by atoms with Crippen molar-refractivity contribution in [1.82, 2.24) is 24.7 Å². The van der Waals surface area contributed by atoms with Crippen molar-refractivity contribution in [3.05, 3.63) is 23.2 Å². The maximum atomic E-state index is 11.6. The Morgan fingerprint density at radius 3 is 2.83 bits per heavy atom. The summed E-state index contributed by atoms with van der Waals surface area (Å²) in [5.74, 6) is 0.318. The molecule has 1 amide bonds. The fourth-order valence-electron chi connectivity index (χ4n) is 1.07. The van der Waals surface area contributed by atoms with Crippen LogP contribution in [0.15, 0.2) is 28.4 Å². The van der Waals surface area contributed by atoms with Gasteiger partial charge in [0.2, 0.25) is 11.9 Å². The number of thioether (sulfide) groups is 1. The second-order valence-electron chi connectivity index (χ2n) is 3.29. The van der Waals surface area contributed by atoms with E-state index in [-0.39, 0.29) is 17.6 Å². The van der Waals surface area contributed by atoms with Gasteiger partial charge in [-0.3, -0.25) is 10.1 Å². The van der Waals surface area contributed by atoms with Crippen LogP contribution in [0.1, 0.15) is 0 Å². The summed E-state index contributed by atoms with van der Waals surface area (Å²) in [4.78, 5) is 19.5. The molecule has 0 aromatic carbocycles. The van der Waals surface area contributed by atoms with Crippen LogP contribution >= 0.6 is 27.7 Å². The Hall–Kier alpha value is -1.48. The quantitative estimate of drug-likeness (QED) is 0.846. The summed E-state index contributed by atoms with van der Waals surface area (Å²) in [6, 6.07) is 0. The molecule has 9 heteroatoms. The predicted octanol–water partition coefficient (Wildman–Crippen LogP) is 1.10. The van der Waals surface area contributed by atoms with E-state index in [1.54, 1.807) is 23.3 Å². The van der Waals surface area contributed by atoms with Gasteiger partial charge in [-0.05, 0) is 15.9 Å². The summed E-state index contributed by atoms with van der Waals surface area (Å²) in [7, 11) is 1.82. The molecule has 2 aromatic rings. The summed E-state index contributed by atoms with van der Waals surface area (Å²) in [6.07, 6.45) is 4.72. The standard InChI is InChI=1S/C9H9BrN6OS/c1-16-5-13-15-9(16)18-4-7(17)14-8-11-2-6(10)3-12-8/h2-3,5H,4H2,1H3,(H,11,12,14,17). The summed E-state index contributed by atoms with van der Waals surface area (Å²) in [5.41, 5.74) is 0. The highest BCUT2D eigenvalue weighted by atomic mass is 79.9. The van der Waals surface area contributed by atoms with Crippen molar-refractivity contribution in [2.24, 2.45) is 7.05 Å². The first-order valence-electron chi connectivity index (χ1n) is 4.89. The largest absolute Gasteiger partial charge is 0.312 e. The van der Waals surface area contributed by atoms with Gasteiger partial charge in [0, 0.05) is 19.4 Å². The van der Waals surface area contributed by atoms with Crippen LogP contribution in [0.4, 0.5) is 5.95 Å². The highest BCUT2D eigenvalue weighted by molar-refractivity contribution is 9.10. The Labute approximate surface area is 116 Å². The molecule has 0 atom stereocenters. The summed E-state index contributed by atoms with van der Waals surface area (Å²) in [5, 5.41) is 10.9. The van der Waals surface area contributed by atoms with Crippen LogP contribution in [0.5, 0.6) is 0 Å². The van der Waals surface area contributed by atoms with Crippen molar-refractivity contribution in [3.63, 3.8) is 0 Å². The molecule has 0 aliphatic carbocycles. The number of nitrogens with zero attached hydrogens (tertiary/aromatic N) is 5. The molecule has 18 heavy (non-hydrogen) atoms. The molecule has 0 radical (unpaired) electrons. The van der Waals surface area contributed by atoms with Gasteiger partial charge in [-0.15, -0.1) is 10.2 Å². The van der Waals surface area contributed by atoms with Crippen molar-refractivity contribution < 1.29 is 4.79 Å².